The number of carbonyl (C=O) groups is 1. The zero-order chi connectivity index (χ0) is 13.5. The van der Waals surface area contributed by atoms with Crippen molar-refractivity contribution in [2.45, 2.75) is 25.8 Å². The summed E-state index contributed by atoms with van der Waals surface area (Å²) in [6, 6.07) is 5.34. The van der Waals surface area contributed by atoms with Crippen LogP contribution in [0.25, 0.3) is 0 Å². The van der Waals surface area contributed by atoms with Gasteiger partial charge in [-0.05, 0) is 18.6 Å². The minimum absolute atomic E-state index is 0.0906. The molecule has 1 aromatic carbocycles. The molecule has 4 nitrogen and oxygen atoms in total. The molecule has 0 saturated heterocycles. The highest BCUT2D eigenvalue weighted by atomic mass is 19.1. The predicted molar refractivity (Wildman–Crippen MR) is 64.7 cm³/mol. The van der Waals surface area contributed by atoms with Gasteiger partial charge in [-0.1, -0.05) is 13.3 Å². The van der Waals surface area contributed by atoms with Crippen LogP contribution in [0.4, 0.5) is 4.39 Å². The Bertz CT molecular complexity index is 469. The van der Waals surface area contributed by atoms with Crippen LogP contribution >= 0.6 is 0 Å². The van der Waals surface area contributed by atoms with Crippen molar-refractivity contribution in [3.63, 3.8) is 0 Å². The Kier molecular flexibility index (Phi) is 5.12. The monoisotopic (exact) mass is 250 g/mol. The number of rotatable bonds is 5. The number of hydrogen-bond donors (Lipinski definition) is 1. The molecule has 0 fully saturated rings. The molecule has 0 radical (unpaired) electrons. The van der Waals surface area contributed by atoms with E-state index in [1.807, 2.05) is 13.0 Å². The summed E-state index contributed by atoms with van der Waals surface area (Å²) < 4.78 is 18.5. The molecule has 0 aliphatic rings. The van der Waals surface area contributed by atoms with Crippen molar-refractivity contribution in [3.05, 3.63) is 29.6 Å². The van der Waals surface area contributed by atoms with E-state index in [0.29, 0.717) is 12.2 Å². The minimum Gasteiger partial charge on any atom is -0.497 e. The van der Waals surface area contributed by atoms with Gasteiger partial charge in [-0.15, -0.1) is 0 Å². The topological polar surface area (TPSA) is 62.1 Å². The van der Waals surface area contributed by atoms with Crippen LogP contribution in [0, 0.1) is 17.1 Å². The molecular weight excluding hydrogens is 235 g/mol. The number of hydrogen-bond acceptors (Lipinski definition) is 3. The molecule has 5 heteroatoms. The molecule has 0 spiro atoms. The molecule has 1 amide bonds. The van der Waals surface area contributed by atoms with Crippen molar-refractivity contribution < 1.29 is 13.9 Å². The molecule has 0 aliphatic carbocycles. The van der Waals surface area contributed by atoms with Gasteiger partial charge in [0.1, 0.15) is 17.6 Å². The maximum absolute atomic E-state index is 13.6. The van der Waals surface area contributed by atoms with E-state index in [4.69, 9.17) is 10.00 Å². The fourth-order valence-electron chi connectivity index (χ4n) is 1.50. The van der Waals surface area contributed by atoms with Crippen LogP contribution < -0.4 is 10.1 Å². The maximum Gasteiger partial charge on any atom is 0.255 e. The summed E-state index contributed by atoms with van der Waals surface area (Å²) in [5.74, 6) is -0.912. The first-order valence-corrected chi connectivity index (χ1v) is 5.66. The van der Waals surface area contributed by atoms with Crippen LogP contribution in [0.2, 0.25) is 0 Å². The molecule has 1 aromatic rings. The third kappa shape index (κ3) is 3.45. The second-order valence-electron chi connectivity index (χ2n) is 3.79. The van der Waals surface area contributed by atoms with Crippen LogP contribution in [-0.4, -0.2) is 19.1 Å². The van der Waals surface area contributed by atoms with Crippen molar-refractivity contribution in [3.8, 4) is 11.8 Å². The van der Waals surface area contributed by atoms with Gasteiger partial charge in [0.2, 0.25) is 0 Å². The zero-order valence-electron chi connectivity index (χ0n) is 10.4. The second kappa shape index (κ2) is 6.60. The number of nitriles is 1. The molecule has 1 atom stereocenters. The number of nitrogens with one attached hydrogen (secondary N) is 1. The number of carbonyl (C=O) groups excluding carboxylic acids is 1. The molecule has 0 aromatic heterocycles. The Morgan fingerprint density at radius 3 is 2.83 bits per heavy atom. The van der Waals surface area contributed by atoms with Gasteiger partial charge in [0, 0.05) is 6.07 Å². The number of nitrogens with zero attached hydrogens (tertiary/aromatic N) is 1. The first kappa shape index (κ1) is 14.0. The SMILES string of the molecule is CCCC(C#N)NC(=O)c1ccc(OC)cc1F. The summed E-state index contributed by atoms with van der Waals surface area (Å²) in [7, 11) is 1.42. The third-order valence-electron chi connectivity index (χ3n) is 2.46. The lowest BCUT2D eigenvalue weighted by molar-refractivity contribution is 0.0940. The Morgan fingerprint density at radius 2 is 2.33 bits per heavy atom. The summed E-state index contributed by atoms with van der Waals surface area (Å²) in [6.45, 7) is 1.91. The normalized spacial score (nSPS) is 11.4. The Labute approximate surface area is 105 Å². The predicted octanol–water partition coefficient (Wildman–Crippen LogP) is 2.26. The van der Waals surface area contributed by atoms with E-state index in [1.54, 1.807) is 0 Å². The Hall–Kier alpha value is -2.09. The average molecular weight is 250 g/mol. The average Bonchev–Trinajstić information content (AvgIpc) is 2.37. The standard InChI is InChI=1S/C13H15FN2O2/c1-3-4-9(8-15)16-13(17)11-6-5-10(18-2)7-12(11)14/h5-7,9H,3-4H2,1-2H3,(H,16,17). The third-order valence-corrected chi connectivity index (χ3v) is 2.46. The lowest BCUT2D eigenvalue weighted by Crippen LogP contribution is -2.34. The molecule has 0 aliphatic heterocycles. The lowest BCUT2D eigenvalue weighted by atomic mass is 10.1. The molecular formula is C13H15FN2O2. The molecule has 96 valence electrons. The van der Waals surface area contributed by atoms with Crippen LogP contribution in [0.3, 0.4) is 0 Å². The molecule has 0 bridgehead atoms. The fourth-order valence-corrected chi connectivity index (χ4v) is 1.50. The molecule has 0 heterocycles. The Balaban J connectivity index is 2.81. The minimum atomic E-state index is -0.667. The largest absolute Gasteiger partial charge is 0.497 e. The number of amides is 1. The van der Waals surface area contributed by atoms with Gasteiger partial charge in [-0.3, -0.25) is 4.79 Å². The van der Waals surface area contributed by atoms with Gasteiger partial charge >= 0.3 is 0 Å². The molecule has 1 unspecified atom stereocenters. The van der Waals surface area contributed by atoms with E-state index >= 15 is 0 Å². The second-order valence-corrected chi connectivity index (χ2v) is 3.79. The highest BCUT2D eigenvalue weighted by molar-refractivity contribution is 5.95. The van der Waals surface area contributed by atoms with Gasteiger partial charge in [-0.25, -0.2) is 4.39 Å². The molecule has 1 rings (SSSR count). The van der Waals surface area contributed by atoms with E-state index in [9.17, 15) is 9.18 Å². The van der Waals surface area contributed by atoms with E-state index < -0.39 is 17.8 Å². The number of benzene rings is 1. The van der Waals surface area contributed by atoms with Crippen LogP contribution in [0.1, 0.15) is 30.1 Å². The van der Waals surface area contributed by atoms with E-state index in [2.05, 4.69) is 5.32 Å². The fraction of sp³-hybridized carbons (Fsp3) is 0.385. The van der Waals surface area contributed by atoms with E-state index in [-0.39, 0.29) is 5.56 Å². The van der Waals surface area contributed by atoms with Crippen molar-refractivity contribution in [2.24, 2.45) is 0 Å². The highest BCUT2D eigenvalue weighted by Gasteiger charge is 2.16. The van der Waals surface area contributed by atoms with Gasteiger partial charge in [0.05, 0.1) is 18.7 Å². The van der Waals surface area contributed by atoms with Crippen molar-refractivity contribution in [1.29, 1.82) is 5.26 Å². The quantitative estimate of drug-likeness (QED) is 0.871. The van der Waals surface area contributed by atoms with Crippen LogP contribution in [0.15, 0.2) is 18.2 Å². The van der Waals surface area contributed by atoms with Crippen molar-refractivity contribution in [2.75, 3.05) is 7.11 Å². The number of methoxy groups -OCH3 is 1. The summed E-state index contributed by atoms with van der Waals surface area (Å²) in [5.41, 5.74) is -0.0906. The molecule has 1 N–H and O–H groups in total. The summed E-state index contributed by atoms with van der Waals surface area (Å²) in [4.78, 5) is 11.8. The smallest absolute Gasteiger partial charge is 0.255 e. The van der Waals surface area contributed by atoms with Gasteiger partial charge in [0.15, 0.2) is 0 Å². The summed E-state index contributed by atoms with van der Waals surface area (Å²) in [6.07, 6.45) is 1.31. The van der Waals surface area contributed by atoms with Gasteiger partial charge < -0.3 is 10.1 Å². The summed E-state index contributed by atoms with van der Waals surface area (Å²) in [5, 5.41) is 11.3. The van der Waals surface area contributed by atoms with Crippen molar-refractivity contribution in [1.82, 2.24) is 5.32 Å². The van der Waals surface area contributed by atoms with Crippen LogP contribution in [-0.2, 0) is 0 Å². The van der Waals surface area contributed by atoms with Crippen molar-refractivity contribution >= 4 is 5.91 Å². The lowest BCUT2D eigenvalue weighted by Gasteiger charge is -2.11. The Morgan fingerprint density at radius 1 is 1.61 bits per heavy atom. The van der Waals surface area contributed by atoms with Crippen LogP contribution in [0.5, 0.6) is 5.75 Å². The highest BCUT2D eigenvalue weighted by Crippen LogP contribution is 2.16. The zero-order valence-corrected chi connectivity index (χ0v) is 10.4. The summed E-state index contributed by atoms with van der Waals surface area (Å²) >= 11 is 0. The van der Waals surface area contributed by atoms with E-state index in [0.717, 1.165) is 12.5 Å². The maximum atomic E-state index is 13.6. The van der Waals surface area contributed by atoms with E-state index in [1.165, 1.54) is 19.2 Å². The molecule has 18 heavy (non-hydrogen) atoms. The number of halogens is 1. The number of ether oxygens (including phenoxy) is 1. The van der Waals surface area contributed by atoms with Gasteiger partial charge in [-0.2, -0.15) is 5.26 Å². The van der Waals surface area contributed by atoms with Gasteiger partial charge in [0.25, 0.3) is 5.91 Å². The first-order valence-electron chi connectivity index (χ1n) is 5.66. The first-order chi connectivity index (χ1) is 8.62. The molecule has 0 saturated carbocycles.